The summed E-state index contributed by atoms with van der Waals surface area (Å²) >= 11 is 1.85. The fourth-order valence-electron chi connectivity index (χ4n) is 2.19. The number of carbonyl (C=O) groups is 1. The zero-order valence-corrected chi connectivity index (χ0v) is 11.5. The van der Waals surface area contributed by atoms with E-state index in [1.54, 1.807) is 0 Å². The van der Waals surface area contributed by atoms with Gasteiger partial charge in [0.1, 0.15) is 6.04 Å². The summed E-state index contributed by atoms with van der Waals surface area (Å²) in [7, 11) is 0. The van der Waals surface area contributed by atoms with Crippen LogP contribution < -0.4 is 11.1 Å². The van der Waals surface area contributed by atoms with Crippen molar-refractivity contribution >= 4 is 17.7 Å². The van der Waals surface area contributed by atoms with Crippen molar-refractivity contribution in [3.8, 4) is 0 Å². The molecule has 3 nitrogen and oxygen atoms in total. The highest BCUT2D eigenvalue weighted by molar-refractivity contribution is 8.00. The largest absolute Gasteiger partial charge is 0.353 e. The molecular weight excluding hydrogens is 244 g/mol. The van der Waals surface area contributed by atoms with Crippen molar-refractivity contribution in [3.63, 3.8) is 0 Å². The van der Waals surface area contributed by atoms with E-state index in [0.717, 1.165) is 12.1 Å². The monoisotopic (exact) mass is 264 g/mol. The molecule has 1 aliphatic rings. The Balaban J connectivity index is 1.88. The van der Waals surface area contributed by atoms with E-state index in [0.29, 0.717) is 0 Å². The minimum atomic E-state index is -0.565. The van der Waals surface area contributed by atoms with E-state index < -0.39 is 6.04 Å². The van der Waals surface area contributed by atoms with Crippen LogP contribution in [0.15, 0.2) is 30.3 Å². The Kier molecular flexibility index (Phi) is 4.30. The Morgan fingerprint density at radius 1 is 1.44 bits per heavy atom. The second kappa shape index (κ2) is 5.76. The fourth-order valence-corrected chi connectivity index (χ4v) is 3.11. The van der Waals surface area contributed by atoms with Crippen LogP contribution in [0.3, 0.4) is 0 Å². The summed E-state index contributed by atoms with van der Waals surface area (Å²) < 4.78 is 0.256. The molecule has 2 rings (SSSR count). The molecule has 0 radical (unpaired) electrons. The second-order valence-corrected chi connectivity index (χ2v) is 6.12. The van der Waals surface area contributed by atoms with Gasteiger partial charge < -0.3 is 11.1 Å². The number of nitrogens with two attached hydrogens (primary N) is 1. The number of benzene rings is 1. The quantitative estimate of drug-likeness (QED) is 0.856. The first kappa shape index (κ1) is 13.4. The van der Waals surface area contributed by atoms with Gasteiger partial charge in [-0.25, -0.2) is 0 Å². The summed E-state index contributed by atoms with van der Waals surface area (Å²) in [5, 5.41) is 2.99. The molecule has 0 unspecified atom stereocenters. The van der Waals surface area contributed by atoms with Crippen LogP contribution in [0.25, 0.3) is 0 Å². The molecule has 1 aromatic rings. The van der Waals surface area contributed by atoms with Crippen LogP contribution in [0, 0.1) is 0 Å². The Bertz CT molecular complexity index is 398. The first-order chi connectivity index (χ1) is 8.67. The van der Waals surface area contributed by atoms with Crippen LogP contribution in [0.4, 0.5) is 0 Å². The van der Waals surface area contributed by atoms with Crippen LogP contribution in [-0.4, -0.2) is 23.5 Å². The predicted molar refractivity (Wildman–Crippen MR) is 76.5 cm³/mol. The van der Waals surface area contributed by atoms with Crippen LogP contribution in [0.2, 0.25) is 0 Å². The highest BCUT2D eigenvalue weighted by Gasteiger charge is 2.36. The number of amides is 1. The van der Waals surface area contributed by atoms with Gasteiger partial charge in [0.05, 0.1) is 0 Å². The van der Waals surface area contributed by atoms with Crippen LogP contribution in [-0.2, 0) is 4.79 Å². The molecule has 4 heteroatoms. The van der Waals surface area contributed by atoms with Crippen molar-refractivity contribution in [2.45, 2.75) is 30.1 Å². The SMILES string of the molecule is CSC1(CNC(=O)[C@H](N)c2ccccc2)CCC1. The molecule has 1 fully saturated rings. The smallest absolute Gasteiger partial charge is 0.241 e. The summed E-state index contributed by atoms with van der Waals surface area (Å²) in [5.74, 6) is -0.0819. The van der Waals surface area contributed by atoms with Gasteiger partial charge >= 0.3 is 0 Å². The molecule has 1 aromatic carbocycles. The van der Waals surface area contributed by atoms with Crippen LogP contribution in [0.1, 0.15) is 30.9 Å². The van der Waals surface area contributed by atoms with Gasteiger partial charge in [0.2, 0.25) is 5.91 Å². The molecule has 0 heterocycles. The summed E-state index contributed by atoms with van der Waals surface area (Å²) in [6.45, 7) is 0.730. The van der Waals surface area contributed by atoms with Crippen molar-refractivity contribution in [2.75, 3.05) is 12.8 Å². The van der Waals surface area contributed by atoms with Gasteiger partial charge in [0.15, 0.2) is 0 Å². The third-order valence-corrected chi connectivity index (χ3v) is 5.14. The lowest BCUT2D eigenvalue weighted by atomic mass is 9.84. The topological polar surface area (TPSA) is 55.1 Å². The van der Waals surface area contributed by atoms with Gasteiger partial charge in [0.25, 0.3) is 0 Å². The molecule has 1 atom stereocenters. The summed E-state index contributed by atoms with van der Waals surface area (Å²) in [6.07, 6.45) is 5.76. The number of rotatable bonds is 5. The number of carbonyl (C=O) groups excluding carboxylic acids is 1. The first-order valence-corrected chi connectivity index (χ1v) is 7.53. The van der Waals surface area contributed by atoms with E-state index in [9.17, 15) is 4.79 Å². The molecule has 0 bridgehead atoms. The maximum atomic E-state index is 12.0. The molecule has 0 saturated heterocycles. The lowest BCUT2D eigenvalue weighted by molar-refractivity contribution is -0.122. The molecule has 0 spiro atoms. The van der Waals surface area contributed by atoms with E-state index in [1.165, 1.54) is 19.3 Å². The van der Waals surface area contributed by atoms with Gasteiger partial charge in [-0.2, -0.15) is 11.8 Å². The van der Waals surface area contributed by atoms with Gasteiger partial charge in [-0.1, -0.05) is 36.8 Å². The number of nitrogens with one attached hydrogen (secondary N) is 1. The highest BCUT2D eigenvalue weighted by atomic mass is 32.2. The maximum Gasteiger partial charge on any atom is 0.241 e. The molecule has 3 N–H and O–H groups in total. The van der Waals surface area contributed by atoms with Crippen molar-refractivity contribution < 1.29 is 4.79 Å². The second-order valence-electron chi connectivity index (χ2n) is 4.85. The zero-order chi connectivity index (χ0) is 13.0. The van der Waals surface area contributed by atoms with E-state index in [4.69, 9.17) is 5.73 Å². The fraction of sp³-hybridized carbons (Fsp3) is 0.500. The summed E-state index contributed by atoms with van der Waals surface area (Å²) in [5.41, 5.74) is 6.81. The Labute approximate surface area is 113 Å². The first-order valence-electron chi connectivity index (χ1n) is 6.30. The third-order valence-electron chi connectivity index (χ3n) is 3.72. The Morgan fingerprint density at radius 3 is 2.61 bits per heavy atom. The molecule has 0 aliphatic heterocycles. The van der Waals surface area contributed by atoms with Crippen molar-refractivity contribution in [1.29, 1.82) is 0 Å². The highest BCUT2D eigenvalue weighted by Crippen LogP contribution is 2.42. The zero-order valence-electron chi connectivity index (χ0n) is 10.7. The number of thioether (sulfide) groups is 1. The van der Waals surface area contributed by atoms with Crippen molar-refractivity contribution in [2.24, 2.45) is 5.73 Å². The average molecular weight is 264 g/mol. The lowest BCUT2D eigenvalue weighted by Crippen LogP contribution is -2.47. The maximum absolute atomic E-state index is 12.0. The van der Waals surface area contributed by atoms with Gasteiger partial charge in [0, 0.05) is 11.3 Å². The molecule has 18 heavy (non-hydrogen) atoms. The van der Waals surface area contributed by atoms with Gasteiger partial charge in [-0.05, 0) is 24.7 Å². The van der Waals surface area contributed by atoms with Gasteiger partial charge in [-0.15, -0.1) is 0 Å². The van der Waals surface area contributed by atoms with E-state index >= 15 is 0 Å². The number of hydrogen-bond acceptors (Lipinski definition) is 3. The van der Waals surface area contributed by atoms with Crippen molar-refractivity contribution in [3.05, 3.63) is 35.9 Å². The molecule has 0 aromatic heterocycles. The Morgan fingerprint density at radius 2 is 2.11 bits per heavy atom. The minimum Gasteiger partial charge on any atom is -0.353 e. The van der Waals surface area contributed by atoms with Crippen LogP contribution >= 0.6 is 11.8 Å². The molecular formula is C14H20N2OS. The number of hydrogen-bond donors (Lipinski definition) is 2. The van der Waals surface area contributed by atoms with E-state index in [2.05, 4.69) is 11.6 Å². The average Bonchev–Trinajstić information content (AvgIpc) is 2.38. The molecule has 98 valence electrons. The van der Waals surface area contributed by atoms with E-state index in [1.807, 2.05) is 42.1 Å². The summed E-state index contributed by atoms with van der Waals surface area (Å²) in [4.78, 5) is 12.0. The predicted octanol–water partition coefficient (Wildman–Crippen LogP) is 2.09. The third kappa shape index (κ3) is 2.87. The van der Waals surface area contributed by atoms with Crippen LogP contribution in [0.5, 0.6) is 0 Å². The summed E-state index contributed by atoms with van der Waals surface area (Å²) in [6, 6.07) is 8.93. The lowest BCUT2D eigenvalue weighted by Gasteiger charge is -2.40. The standard InChI is InChI=1S/C14H20N2OS/c1-18-14(8-5-9-14)10-16-13(17)12(15)11-6-3-2-4-7-11/h2-4,6-7,12H,5,8-10,15H2,1H3,(H,16,17)/t12-/m1/s1. The molecule has 1 saturated carbocycles. The Hall–Kier alpha value is -1.00. The van der Waals surface area contributed by atoms with Gasteiger partial charge in [-0.3, -0.25) is 4.79 Å². The minimum absolute atomic E-state index is 0.0819. The van der Waals surface area contributed by atoms with E-state index in [-0.39, 0.29) is 10.7 Å². The molecule has 1 amide bonds. The van der Waals surface area contributed by atoms with Crippen molar-refractivity contribution in [1.82, 2.24) is 5.32 Å². The molecule has 1 aliphatic carbocycles. The normalized spacial score (nSPS) is 18.8.